The van der Waals surface area contributed by atoms with E-state index in [4.69, 9.17) is 4.74 Å². The van der Waals surface area contributed by atoms with E-state index in [1.54, 1.807) is 0 Å². The van der Waals surface area contributed by atoms with Gasteiger partial charge in [0.1, 0.15) is 18.5 Å². The van der Waals surface area contributed by atoms with Crippen LogP contribution in [0.4, 0.5) is 0 Å². The minimum atomic E-state index is 0.334. The summed E-state index contributed by atoms with van der Waals surface area (Å²) in [5, 5.41) is 7.49. The SMILES string of the molecule is Cc1c2c(c(C(C)C)c3ccccc13)Oc1cc3cccc(-c4ccccc4)c3c3cc[n+](C)c-2c13. The minimum absolute atomic E-state index is 0.334. The van der Waals surface area contributed by atoms with Crippen LogP contribution in [0.1, 0.15) is 30.9 Å². The Balaban J connectivity index is 1.68. The van der Waals surface area contributed by atoms with Gasteiger partial charge in [0.25, 0.3) is 0 Å². The monoisotopic (exact) mass is 466 g/mol. The van der Waals surface area contributed by atoms with Gasteiger partial charge in [-0.2, -0.15) is 0 Å². The summed E-state index contributed by atoms with van der Waals surface area (Å²) in [4.78, 5) is 0. The number of hydrogen-bond acceptors (Lipinski definition) is 1. The highest BCUT2D eigenvalue weighted by Gasteiger charge is 2.34. The molecule has 0 N–H and O–H groups in total. The van der Waals surface area contributed by atoms with Crippen molar-refractivity contribution >= 4 is 32.3 Å². The molecule has 0 saturated carbocycles. The number of ether oxygens (including phenoxy) is 1. The molecule has 5 aromatic carbocycles. The largest absolute Gasteiger partial charge is 0.455 e. The molecule has 0 aliphatic carbocycles. The number of rotatable bonds is 2. The van der Waals surface area contributed by atoms with Crippen LogP contribution in [-0.2, 0) is 7.05 Å². The van der Waals surface area contributed by atoms with E-state index in [9.17, 15) is 0 Å². The summed E-state index contributed by atoms with van der Waals surface area (Å²) in [7, 11) is 2.16. The zero-order chi connectivity index (χ0) is 24.6. The maximum Gasteiger partial charge on any atom is 0.228 e. The van der Waals surface area contributed by atoms with Crippen molar-refractivity contribution < 1.29 is 9.30 Å². The molecule has 2 heterocycles. The third-order valence-electron chi connectivity index (χ3n) is 7.80. The average molecular weight is 467 g/mol. The van der Waals surface area contributed by atoms with Crippen LogP contribution < -0.4 is 9.30 Å². The van der Waals surface area contributed by atoms with Gasteiger partial charge in [0.2, 0.25) is 5.69 Å². The minimum Gasteiger partial charge on any atom is -0.455 e. The molecule has 7 rings (SSSR count). The maximum atomic E-state index is 6.93. The smallest absolute Gasteiger partial charge is 0.228 e. The molecule has 0 saturated heterocycles. The van der Waals surface area contributed by atoms with Crippen molar-refractivity contribution in [3.8, 4) is 33.9 Å². The third kappa shape index (κ3) is 2.82. The molecular weight excluding hydrogens is 438 g/mol. The highest BCUT2D eigenvalue weighted by atomic mass is 16.5. The molecule has 0 bridgehead atoms. The molecule has 0 unspecified atom stereocenters. The van der Waals surface area contributed by atoms with Gasteiger partial charge in [-0.1, -0.05) is 86.6 Å². The average Bonchev–Trinajstić information content (AvgIpc) is 2.90. The molecule has 0 radical (unpaired) electrons. The number of nitrogens with zero attached hydrogens (tertiary/aromatic N) is 1. The van der Waals surface area contributed by atoms with Crippen molar-refractivity contribution in [1.82, 2.24) is 0 Å². The first-order chi connectivity index (χ1) is 17.5. The van der Waals surface area contributed by atoms with E-state index in [1.165, 1.54) is 65.8 Å². The molecular formula is C34H28NO+. The molecule has 36 heavy (non-hydrogen) atoms. The number of fused-ring (bicyclic) bond motifs is 5. The first kappa shape index (κ1) is 21.1. The van der Waals surface area contributed by atoms with Crippen LogP contribution in [0.3, 0.4) is 0 Å². The van der Waals surface area contributed by atoms with Gasteiger partial charge >= 0.3 is 0 Å². The third-order valence-corrected chi connectivity index (χ3v) is 7.80. The van der Waals surface area contributed by atoms with E-state index in [0.29, 0.717) is 5.92 Å². The van der Waals surface area contributed by atoms with E-state index < -0.39 is 0 Å². The van der Waals surface area contributed by atoms with E-state index in [1.807, 2.05) is 0 Å². The van der Waals surface area contributed by atoms with E-state index in [2.05, 4.69) is 124 Å². The predicted molar refractivity (Wildman–Crippen MR) is 150 cm³/mol. The Morgan fingerprint density at radius 3 is 2.28 bits per heavy atom. The summed E-state index contributed by atoms with van der Waals surface area (Å²) in [6.07, 6.45) is 2.21. The van der Waals surface area contributed by atoms with Crippen LogP contribution in [0.2, 0.25) is 0 Å². The highest BCUT2D eigenvalue weighted by Crippen LogP contribution is 2.53. The zero-order valence-electron chi connectivity index (χ0n) is 21.1. The Labute approximate surface area is 211 Å². The van der Waals surface area contributed by atoms with Gasteiger partial charge in [-0.15, -0.1) is 0 Å². The first-order valence-electron chi connectivity index (χ1n) is 12.7. The van der Waals surface area contributed by atoms with Gasteiger partial charge in [0.15, 0.2) is 6.20 Å². The lowest BCUT2D eigenvalue weighted by molar-refractivity contribution is -0.659. The summed E-state index contributed by atoms with van der Waals surface area (Å²) < 4.78 is 9.20. The maximum absolute atomic E-state index is 6.93. The fourth-order valence-electron chi connectivity index (χ4n) is 6.23. The van der Waals surface area contributed by atoms with Crippen LogP contribution in [0.15, 0.2) is 91.1 Å². The second kappa shape index (κ2) is 7.66. The van der Waals surface area contributed by atoms with Gasteiger partial charge < -0.3 is 4.74 Å². The number of pyridine rings is 1. The number of hydrogen-bond donors (Lipinski definition) is 0. The number of aryl methyl sites for hydroxylation is 2. The second-order valence-electron chi connectivity index (χ2n) is 10.3. The van der Waals surface area contributed by atoms with E-state index in [-0.39, 0.29) is 0 Å². The standard InChI is InChI=1S/C34H28NO/c1-20(2)29-26-15-9-8-14-24(26)21(3)30-33-32-27(17-18-35(33)4)31-23(19-28(32)36-34(29)30)13-10-16-25(31)22-11-6-5-7-12-22/h5-20H,1-4H3/q+1. The Kier molecular flexibility index (Phi) is 4.50. The summed E-state index contributed by atoms with van der Waals surface area (Å²) in [6.45, 7) is 6.78. The lowest BCUT2D eigenvalue weighted by atomic mass is 9.84. The lowest BCUT2D eigenvalue weighted by Crippen LogP contribution is -2.32. The molecule has 1 aliphatic rings. The van der Waals surface area contributed by atoms with Crippen LogP contribution in [0.25, 0.3) is 54.7 Å². The molecule has 2 nitrogen and oxygen atoms in total. The first-order valence-corrected chi connectivity index (χ1v) is 12.7. The molecule has 0 amide bonds. The zero-order valence-corrected chi connectivity index (χ0v) is 21.1. The van der Waals surface area contributed by atoms with Gasteiger partial charge in [-0.3, -0.25) is 0 Å². The van der Waals surface area contributed by atoms with Crippen molar-refractivity contribution in [2.24, 2.45) is 7.05 Å². The van der Waals surface area contributed by atoms with Crippen LogP contribution in [0.5, 0.6) is 11.5 Å². The highest BCUT2D eigenvalue weighted by molar-refractivity contribution is 6.20. The number of aromatic nitrogens is 1. The van der Waals surface area contributed by atoms with Gasteiger partial charge in [0, 0.05) is 17.0 Å². The summed E-state index contributed by atoms with van der Waals surface area (Å²) in [5.41, 5.74) is 7.49. The molecule has 0 spiro atoms. The van der Waals surface area contributed by atoms with Gasteiger partial charge in [0.05, 0.1) is 10.9 Å². The van der Waals surface area contributed by atoms with Crippen molar-refractivity contribution in [3.63, 3.8) is 0 Å². The molecule has 1 aromatic heterocycles. The van der Waals surface area contributed by atoms with E-state index in [0.717, 1.165) is 11.5 Å². The van der Waals surface area contributed by atoms with E-state index >= 15 is 0 Å². The molecule has 1 aliphatic heterocycles. The van der Waals surface area contributed by atoms with Crippen LogP contribution >= 0.6 is 0 Å². The van der Waals surface area contributed by atoms with Crippen molar-refractivity contribution in [2.75, 3.05) is 0 Å². The fourth-order valence-corrected chi connectivity index (χ4v) is 6.23. The molecule has 6 aromatic rings. The Bertz CT molecular complexity index is 1850. The quantitative estimate of drug-likeness (QED) is 0.183. The number of benzene rings is 5. The fraction of sp³-hybridized carbons (Fsp3) is 0.147. The summed E-state index contributed by atoms with van der Waals surface area (Å²) in [5.74, 6) is 2.29. The molecule has 2 heteroatoms. The van der Waals surface area contributed by atoms with Gasteiger partial charge in [-0.05, 0) is 57.1 Å². The Morgan fingerprint density at radius 2 is 1.50 bits per heavy atom. The van der Waals surface area contributed by atoms with Gasteiger partial charge in [-0.25, -0.2) is 4.57 Å². The van der Waals surface area contributed by atoms with Crippen LogP contribution in [0, 0.1) is 6.92 Å². The summed E-state index contributed by atoms with van der Waals surface area (Å²) in [6, 6.07) is 30.6. The Hall–Kier alpha value is -4.17. The molecule has 174 valence electrons. The predicted octanol–water partition coefficient (Wildman–Crippen LogP) is 8.84. The van der Waals surface area contributed by atoms with Crippen molar-refractivity contribution in [3.05, 3.63) is 102 Å². The molecule has 0 fully saturated rings. The van der Waals surface area contributed by atoms with Crippen molar-refractivity contribution in [1.29, 1.82) is 0 Å². The second-order valence-corrected chi connectivity index (χ2v) is 10.3. The normalized spacial score (nSPS) is 12.4. The van der Waals surface area contributed by atoms with Crippen LogP contribution in [-0.4, -0.2) is 0 Å². The molecule has 0 atom stereocenters. The Morgan fingerprint density at radius 1 is 0.750 bits per heavy atom. The topological polar surface area (TPSA) is 13.1 Å². The summed E-state index contributed by atoms with van der Waals surface area (Å²) >= 11 is 0. The lowest BCUT2D eigenvalue weighted by Gasteiger charge is -2.27. The van der Waals surface area contributed by atoms with Crippen molar-refractivity contribution in [2.45, 2.75) is 26.7 Å².